The van der Waals surface area contributed by atoms with Gasteiger partial charge < -0.3 is 52.8 Å². The largest absolute Gasteiger partial charge is 0.481 e. The lowest BCUT2D eigenvalue weighted by Gasteiger charge is -1.95. The molecule has 0 aliphatic rings. The fourth-order valence-corrected chi connectivity index (χ4v) is 0.537. The zero-order chi connectivity index (χ0) is 25.4. The van der Waals surface area contributed by atoms with Crippen LogP contribution in [0.2, 0.25) is 0 Å². The van der Waals surface area contributed by atoms with Crippen molar-refractivity contribution < 1.29 is 49.1 Å². The van der Waals surface area contributed by atoms with Crippen LogP contribution in [0.3, 0.4) is 0 Å². The lowest BCUT2D eigenvalue weighted by Crippen LogP contribution is -2.13. The van der Waals surface area contributed by atoms with E-state index < -0.39 is 23.9 Å². The number of carboxylic acid groups (broad SMARTS) is 4. The van der Waals surface area contributed by atoms with E-state index in [1.165, 1.54) is 0 Å². The van der Waals surface area contributed by atoms with Crippen LogP contribution in [-0.2, 0) is 28.7 Å². The second-order valence-electron chi connectivity index (χ2n) is 4.46. The van der Waals surface area contributed by atoms with Crippen molar-refractivity contribution in [3.8, 4) is 0 Å². The number of ether oxygens (including phenoxy) is 2. The first kappa shape index (κ1) is 41.9. The van der Waals surface area contributed by atoms with Gasteiger partial charge in [0, 0.05) is 53.9 Å². The molecule has 0 rings (SSSR count). The highest BCUT2D eigenvalue weighted by Gasteiger charge is 1.78. The third-order valence-electron chi connectivity index (χ3n) is 1.05. The van der Waals surface area contributed by atoms with E-state index in [0.29, 0.717) is 52.6 Å². The first-order chi connectivity index (χ1) is 13.8. The highest BCUT2D eigenvalue weighted by Crippen LogP contribution is 1.65. The topological polar surface area (TPSA) is 272 Å². The van der Waals surface area contributed by atoms with Gasteiger partial charge in [-0.2, -0.15) is 0 Å². The Hall–Kier alpha value is -2.36. The smallest absolute Gasteiger partial charge is 0.300 e. The van der Waals surface area contributed by atoms with Gasteiger partial charge >= 0.3 is 0 Å². The van der Waals surface area contributed by atoms with E-state index in [0.717, 1.165) is 27.7 Å². The maximum atomic E-state index is 9.00. The Morgan fingerprint density at radius 1 is 0.500 bits per heavy atom. The Bertz CT molecular complexity index is 290. The highest BCUT2D eigenvalue weighted by molar-refractivity contribution is 5.63. The van der Waals surface area contributed by atoms with Crippen molar-refractivity contribution in [2.24, 2.45) is 22.9 Å². The third kappa shape index (κ3) is 489. The maximum Gasteiger partial charge on any atom is 0.300 e. The molecule has 0 aromatic rings. The van der Waals surface area contributed by atoms with E-state index in [2.05, 4.69) is 0 Å². The molecule has 0 amide bonds. The summed E-state index contributed by atoms with van der Waals surface area (Å²) in [7, 11) is 0. The van der Waals surface area contributed by atoms with Crippen LogP contribution in [0.25, 0.3) is 0 Å². The zero-order valence-corrected chi connectivity index (χ0v) is 18.2. The second kappa shape index (κ2) is 45.4. The molecular weight excluding hydrogens is 408 g/mol. The SMILES string of the molecule is CC(=O)O.CC(=O)O.CC(=O)O.CC(=O)O.NCCOCCN.NCCOCCN. The molecule has 0 aromatic carbocycles. The molecule has 0 unspecified atom stereocenters. The lowest BCUT2D eigenvalue weighted by molar-refractivity contribution is -0.135. The summed E-state index contributed by atoms with van der Waals surface area (Å²) < 4.78 is 9.76. The van der Waals surface area contributed by atoms with Gasteiger partial charge in [0.25, 0.3) is 23.9 Å². The highest BCUT2D eigenvalue weighted by atomic mass is 16.5. The van der Waals surface area contributed by atoms with Crippen molar-refractivity contribution in [3.63, 3.8) is 0 Å². The summed E-state index contributed by atoms with van der Waals surface area (Å²) in [6, 6.07) is 0. The van der Waals surface area contributed by atoms with Gasteiger partial charge in [0.1, 0.15) is 0 Å². The number of carbonyl (C=O) groups is 4. The Labute approximate surface area is 177 Å². The monoisotopic (exact) mass is 448 g/mol. The van der Waals surface area contributed by atoms with E-state index in [9.17, 15) is 0 Å². The van der Waals surface area contributed by atoms with Gasteiger partial charge in [0.2, 0.25) is 0 Å². The van der Waals surface area contributed by atoms with E-state index in [1.54, 1.807) is 0 Å². The van der Waals surface area contributed by atoms with E-state index in [1.807, 2.05) is 0 Å². The minimum Gasteiger partial charge on any atom is -0.481 e. The van der Waals surface area contributed by atoms with Gasteiger partial charge in [-0.1, -0.05) is 0 Å². The van der Waals surface area contributed by atoms with Gasteiger partial charge in [-0.15, -0.1) is 0 Å². The lowest BCUT2D eigenvalue weighted by atomic mass is 10.7. The fraction of sp³-hybridized carbons (Fsp3) is 0.750. The Balaban J connectivity index is -0.0000000590. The molecule has 0 saturated carbocycles. The average Bonchev–Trinajstić information content (AvgIpc) is 2.54. The normalized spacial score (nSPS) is 7.73. The third-order valence-corrected chi connectivity index (χ3v) is 1.05. The predicted molar refractivity (Wildman–Crippen MR) is 111 cm³/mol. The van der Waals surface area contributed by atoms with Crippen molar-refractivity contribution in [1.29, 1.82) is 0 Å². The molecule has 0 saturated heterocycles. The van der Waals surface area contributed by atoms with Crippen LogP contribution >= 0.6 is 0 Å². The summed E-state index contributed by atoms with van der Waals surface area (Å²) in [5, 5.41) is 29.7. The maximum absolute atomic E-state index is 9.00. The molecule has 0 aliphatic carbocycles. The molecule has 0 fully saturated rings. The summed E-state index contributed by atoms with van der Waals surface area (Å²) in [5.74, 6) is -3.33. The van der Waals surface area contributed by atoms with E-state index >= 15 is 0 Å². The minimum atomic E-state index is -0.833. The van der Waals surface area contributed by atoms with Gasteiger partial charge in [-0.3, -0.25) is 19.2 Å². The van der Waals surface area contributed by atoms with Crippen LogP contribution in [0.4, 0.5) is 0 Å². The average molecular weight is 449 g/mol. The predicted octanol–water partition coefficient (Wildman–Crippen LogP) is -1.80. The number of aliphatic carboxylic acids is 4. The zero-order valence-electron chi connectivity index (χ0n) is 18.2. The number of hydrogen-bond donors (Lipinski definition) is 8. The van der Waals surface area contributed by atoms with Gasteiger partial charge in [0.15, 0.2) is 0 Å². The van der Waals surface area contributed by atoms with Gasteiger partial charge in [-0.25, -0.2) is 0 Å². The number of hydrogen-bond acceptors (Lipinski definition) is 10. The molecule has 0 aromatic heterocycles. The molecular formula is C16H40N4O10. The molecule has 0 atom stereocenters. The first-order valence-corrected chi connectivity index (χ1v) is 8.50. The first-order valence-electron chi connectivity index (χ1n) is 8.50. The number of nitrogens with two attached hydrogens (primary N) is 4. The molecule has 0 bridgehead atoms. The molecule has 12 N–H and O–H groups in total. The number of rotatable bonds is 8. The van der Waals surface area contributed by atoms with Gasteiger partial charge in [-0.05, 0) is 0 Å². The molecule has 0 radical (unpaired) electrons. The summed E-state index contributed by atoms with van der Waals surface area (Å²) in [5.41, 5.74) is 20.4. The van der Waals surface area contributed by atoms with Crippen molar-refractivity contribution in [3.05, 3.63) is 0 Å². The molecule has 14 nitrogen and oxygen atoms in total. The van der Waals surface area contributed by atoms with Crippen LogP contribution in [0.5, 0.6) is 0 Å². The van der Waals surface area contributed by atoms with Crippen LogP contribution in [-0.4, -0.2) is 96.9 Å². The van der Waals surface area contributed by atoms with Gasteiger partial charge in [0.05, 0.1) is 26.4 Å². The quantitative estimate of drug-likeness (QED) is 0.190. The summed E-state index contributed by atoms with van der Waals surface area (Å²) >= 11 is 0. The van der Waals surface area contributed by atoms with Crippen LogP contribution in [0.1, 0.15) is 27.7 Å². The Kier molecular flexibility index (Phi) is 63.4. The standard InChI is InChI=1S/2C4H12N2O.4C2H4O2/c2*5-1-3-7-4-2-6;4*1-2(3)4/h2*1-6H2;4*1H3,(H,3,4). The molecule has 0 aliphatic heterocycles. The van der Waals surface area contributed by atoms with Crippen LogP contribution in [0.15, 0.2) is 0 Å². The van der Waals surface area contributed by atoms with Crippen molar-refractivity contribution in [2.75, 3.05) is 52.6 Å². The number of carboxylic acids is 4. The summed E-state index contributed by atoms with van der Waals surface area (Å²) in [6.07, 6.45) is 0. The van der Waals surface area contributed by atoms with Crippen molar-refractivity contribution in [2.45, 2.75) is 27.7 Å². The molecule has 0 heterocycles. The summed E-state index contributed by atoms with van der Waals surface area (Å²) in [6.45, 7) is 9.16. The molecule has 14 heteroatoms. The Morgan fingerprint density at radius 3 is 0.667 bits per heavy atom. The van der Waals surface area contributed by atoms with E-state index in [4.69, 9.17) is 72.0 Å². The Morgan fingerprint density at radius 2 is 0.600 bits per heavy atom. The molecule has 184 valence electrons. The van der Waals surface area contributed by atoms with Crippen LogP contribution < -0.4 is 22.9 Å². The molecule has 0 spiro atoms. The second-order valence-corrected chi connectivity index (χ2v) is 4.46. The summed E-state index contributed by atoms with van der Waals surface area (Å²) in [4.78, 5) is 36.0. The van der Waals surface area contributed by atoms with Crippen molar-refractivity contribution >= 4 is 23.9 Å². The van der Waals surface area contributed by atoms with Crippen LogP contribution in [0, 0.1) is 0 Å². The van der Waals surface area contributed by atoms with Crippen molar-refractivity contribution in [1.82, 2.24) is 0 Å². The fourth-order valence-electron chi connectivity index (χ4n) is 0.537. The molecule has 30 heavy (non-hydrogen) atoms. The minimum absolute atomic E-state index is 0.583. The van der Waals surface area contributed by atoms with E-state index in [-0.39, 0.29) is 0 Å².